The Kier molecular flexibility index (Phi) is 1.62. The molecular weight excluding hydrogens is 188 g/mol. The first-order valence-corrected chi connectivity index (χ1v) is 6.11. The minimum atomic E-state index is -0.160. The average molecular weight is 208 g/mol. The SMILES string of the molecule is COC12CCCC3C1(C)CCC(=O)C32C. The Morgan fingerprint density at radius 2 is 2.07 bits per heavy atom. The lowest BCUT2D eigenvalue weighted by Crippen LogP contribution is -2.82. The molecule has 0 aromatic carbocycles. The van der Waals surface area contributed by atoms with E-state index in [2.05, 4.69) is 13.8 Å². The molecule has 0 saturated heterocycles. The number of rotatable bonds is 1. The summed E-state index contributed by atoms with van der Waals surface area (Å²) in [6.45, 7) is 4.50. The Morgan fingerprint density at radius 3 is 2.67 bits per heavy atom. The van der Waals surface area contributed by atoms with Gasteiger partial charge in [-0.3, -0.25) is 4.79 Å². The van der Waals surface area contributed by atoms with E-state index in [1.165, 1.54) is 12.8 Å². The van der Waals surface area contributed by atoms with Crippen molar-refractivity contribution in [2.45, 2.75) is 51.6 Å². The highest BCUT2D eigenvalue weighted by molar-refractivity contribution is 5.90. The summed E-state index contributed by atoms with van der Waals surface area (Å²) in [5.41, 5.74) is -0.00604. The monoisotopic (exact) mass is 208 g/mol. The van der Waals surface area contributed by atoms with Gasteiger partial charge in [0.25, 0.3) is 0 Å². The minimum absolute atomic E-state index is 0.127. The van der Waals surface area contributed by atoms with Gasteiger partial charge in [-0.25, -0.2) is 0 Å². The third kappa shape index (κ3) is 0.692. The lowest BCUT2D eigenvalue weighted by Gasteiger charge is -2.78. The Morgan fingerprint density at radius 1 is 1.33 bits per heavy atom. The molecule has 2 nitrogen and oxygen atoms in total. The molecular formula is C13H20O2. The van der Waals surface area contributed by atoms with Gasteiger partial charge in [-0.2, -0.15) is 0 Å². The van der Waals surface area contributed by atoms with Crippen LogP contribution >= 0.6 is 0 Å². The van der Waals surface area contributed by atoms with Gasteiger partial charge in [-0.05, 0) is 32.1 Å². The van der Waals surface area contributed by atoms with E-state index in [-0.39, 0.29) is 16.4 Å². The highest BCUT2D eigenvalue weighted by Crippen LogP contribution is 2.77. The van der Waals surface area contributed by atoms with E-state index in [9.17, 15) is 4.79 Å². The molecule has 0 aromatic rings. The molecule has 0 spiro atoms. The predicted octanol–water partition coefficient (Wildman–Crippen LogP) is 2.56. The lowest BCUT2D eigenvalue weighted by atomic mass is 9.28. The molecule has 0 N–H and O–H groups in total. The third-order valence-corrected chi connectivity index (χ3v) is 6.05. The van der Waals surface area contributed by atoms with Crippen molar-refractivity contribution in [1.29, 1.82) is 0 Å². The zero-order valence-electron chi connectivity index (χ0n) is 9.93. The van der Waals surface area contributed by atoms with Crippen molar-refractivity contribution < 1.29 is 9.53 Å². The van der Waals surface area contributed by atoms with Crippen LogP contribution in [0.4, 0.5) is 0 Å². The fourth-order valence-electron chi connectivity index (χ4n) is 5.40. The Balaban J connectivity index is 2.15. The van der Waals surface area contributed by atoms with Crippen LogP contribution in [-0.2, 0) is 9.53 Å². The second-order valence-electron chi connectivity index (χ2n) is 6.02. The van der Waals surface area contributed by atoms with Crippen LogP contribution in [0, 0.1) is 16.7 Å². The number of ketones is 1. The van der Waals surface area contributed by atoms with Crippen LogP contribution in [0.1, 0.15) is 46.0 Å². The second-order valence-corrected chi connectivity index (χ2v) is 6.02. The fourth-order valence-corrected chi connectivity index (χ4v) is 5.40. The number of carbonyl (C=O) groups is 1. The van der Waals surface area contributed by atoms with Crippen molar-refractivity contribution in [3.8, 4) is 0 Å². The molecule has 15 heavy (non-hydrogen) atoms. The van der Waals surface area contributed by atoms with E-state index < -0.39 is 0 Å². The Hall–Kier alpha value is -0.370. The molecule has 0 amide bonds. The van der Waals surface area contributed by atoms with Crippen LogP contribution in [0.3, 0.4) is 0 Å². The second kappa shape index (κ2) is 2.48. The van der Waals surface area contributed by atoms with Crippen molar-refractivity contribution >= 4 is 5.78 Å². The number of hydrogen-bond acceptors (Lipinski definition) is 2. The number of methoxy groups -OCH3 is 1. The molecule has 3 saturated carbocycles. The average Bonchev–Trinajstić information content (AvgIpc) is 2.24. The number of Topliss-reactive ketones (excluding diaryl/α,β-unsaturated/α-hetero) is 1. The molecule has 3 fully saturated rings. The molecule has 4 unspecified atom stereocenters. The molecule has 3 aliphatic carbocycles. The topological polar surface area (TPSA) is 26.3 Å². The van der Waals surface area contributed by atoms with Crippen LogP contribution in [0.15, 0.2) is 0 Å². The molecule has 0 aromatic heterocycles. The largest absolute Gasteiger partial charge is 0.377 e. The molecule has 0 heterocycles. The summed E-state index contributed by atoms with van der Waals surface area (Å²) in [6.07, 6.45) is 5.36. The summed E-state index contributed by atoms with van der Waals surface area (Å²) < 4.78 is 5.87. The van der Waals surface area contributed by atoms with Crippen molar-refractivity contribution in [2.75, 3.05) is 7.11 Å². The van der Waals surface area contributed by atoms with Gasteiger partial charge in [-0.15, -0.1) is 0 Å². The number of ether oxygens (including phenoxy) is 1. The minimum Gasteiger partial charge on any atom is -0.377 e. The zero-order valence-corrected chi connectivity index (χ0v) is 9.93. The maximum absolute atomic E-state index is 12.2. The maximum atomic E-state index is 12.2. The lowest BCUT2D eigenvalue weighted by molar-refractivity contribution is -0.342. The van der Waals surface area contributed by atoms with Crippen molar-refractivity contribution in [3.05, 3.63) is 0 Å². The van der Waals surface area contributed by atoms with Gasteiger partial charge in [0.15, 0.2) is 0 Å². The van der Waals surface area contributed by atoms with Gasteiger partial charge in [0, 0.05) is 18.9 Å². The standard InChI is InChI=1S/C13H20O2/c1-11-8-6-10(14)12(2)9(11)5-4-7-13(11,12)15-3/h9H,4-8H2,1-3H3. The van der Waals surface area contributed by atoms with Crippen LogP contribution in [-0.4, -0.2) is 18.5 Å². The molecule has 0 aliphatic heterocycles. The Bertz CT molecular complexity index is 337. The maximum Gasteiger partial charge on any atom is 0.141 e. The van der Waals surface area contributed by atoms with Crippen LogP contribution < -0.4 is 0 Å². The van der Waals surface area contributed by atoms with Crippen LogP contribution in [0.5, 0.6) is 0 Å². The predicted molar refractivity (Wildman–Crippen MR) is 57.5 cm³/mol. The summed E-state index contributed by atoms with van der Waals surface area (Å²) in [6, 6.07) is 0. The van der Waals surface area contributed by atoms with Crippen LogP contribution in [0.2, 0.25) is 0 Å². The van der Waals surface area contributed by atoms with Gasteiger partial charge in [-0.1, -0.05) is 13.3 Å². The summed E-state index contributed by atoms with van der Waals surface area (Å²) in [5.74, 6) is 1.04. The number of carbonyl (C=O) groups excluding carboxylic acids is 1. The van der Waals surface area contributed by atoms with Crippen molar-refractivity contribution in [2.24, 2.45) is 16.7 Å². The van der Waals surface area contributed by atoms with E-state index in [0.29, 0.717) is 11.7 Å². The van der Waals surface area contributed by atoms with E-state index in [4.69, 9.17) is 4.74 Å². The van der Waals surface area contributed by atoms with Gasteiger partial charge in [0.2, 0.25) is 0 Å². The highest BCUT2D eigenvalue weighted by Gasteiger charge is 2.81. The van der Waals surface area contributed by atoms with Gasteiger partial charge < -0.3 is 4.74 Å². The summed E-state index contributed by atoms with van der Waals surface area (Å²) in [5, 5.41) is 0. The van der Waals surface area contributed by atoms with Crippen molar-refractivity contribution in [3.63, 3.8) is 0 Å². The summed E-state index contributed by atoms with van der Waals surface area (Å²) in [4.78, 5) is 12.2. The van der Waals surface area contributed by atoms with E-state index >= 15 is 0 Å². The number of hydrogen-bond donors (Lipinski definition) is 0. The number of fused-ring (bicyclic) bond motifs is 1. The van der Waals surface area contributed by atoms with Crippen LogP contribution in [0.25, 0.3) is 0 Å². The Labute approximate surface area is 91.4 Å². The molecule has 4 bridgehead atoms. The molecule has 0 radical (unpaired) electrons. The van der Waals surface area contributed by atoms with E-state index in [1.807, 2.05) is 0 Å². The summed E-state index contributed by atoms with van der Waals surface area (Å²) >= 11 is 0. The molecule has 84 valence electrons. The summed E-state index contributed by atoms with van der Waals surface area (Å²) in [7, 11) is 1.80. The van der Waals surface area contributed by atoms with Gasteiger partial charge in [0.05, 0.1) is 11.0 Å². The first-order valence-electron chi connectivity index (χ1n) is 6.11. The molecule has 3 rings (SSSR count). The van der Waals surface area contributed by atoms with E-state index in [0.717, 1.165) is 19.3 Å². The zero-order chi connectivity index (χ0) is 10.9. The third-order valence-electron chi connectivity index (χ3n) is 6.05. The normalized spacial score (nSPS) is 57.5. The smallest absolute Gasteiger partial charge is 0.141 e. The van der Waals surface area contributed by atoms with Crippen molar-refractivity contribution in [1.82, 2.24) is 0 Å². The highest BCUT2D eigenvalue weighted by atomic mass is 16.5. The molecule has 3 aliphatic rings. The molecule has 4 atom stereocenters. The fraction of sp³-hybridized carbons (Fsp3) is 0.923. The van der Waals surface area contributed by atoms with E-state index in [1.54, 1.807) is 7.11 Å². The quantitative estimate of drug-likeness (QED) is 0.662. The first-order chi connectivity index (χ1) is 7.03. The van der Waals surface area contributed by atoms with Gasteiger partial charge >= 0.3 is 0 Å². The molecule has 2 heteroatoms. The first kappa shape index (κ1) is 9.83. The van der Waals surface area contributed by atoms with Gasteiger partial charge in [0.1, 0.15) is 5.78 Å².